The van der Waals surface area contributed by atoms with Gasteiger partial charge in [0.1, 0.15) is 0 Å². The van der Waals surface area contributed by atoms with E-state index in [1.807, 2.05) is 0 Å². The van der Waals surface area contributed by atoms with Gasteiger partial charge in [0.25, 0.3) is 0 Å². The molecule has 0 radical (unpaired) electrons. The molecule has 30 heavy (non-hydrogen) atoms. The lowest BCUT2D eigenvalue weighted by Crippen LogP contribution is -2.44. The lowest BCUT2D eigenvalue weighted by atomic mass is 9.70. The van der Waals surface area contributed by atoms with E-state index in [2.05, 4.69) is 62.2 Å². The molecule has 1 amide bonds. The predicted molar refractivity (Wildman–Crippen MR) is 118 cm³/mol. The van der Waals surface area contributed by atoms with Crippen molar-refractivity contribution in [1.82, 2.24) is 10.2 Å². The second kappa shape index (κ2) is 8.62. The molecule has 1 aromatic carbocycles. The smallest absolute Gasteiger partial charge is 0.399 e. The molecule has 0 aromatic heterocycles. The van der Waals surface area contributed by atoms with Crippen LogP contribution in [-0.4, -0.2) is 68.5 Å². The molecule has 1 aromatic rings. The van der Waals surface area contributed by atoms with Crippen molar-refractivity contribution in [1.29, 1.82) is 0 Å². The van der Waals surface area contributed by atoms with Crippen LogP contribution in [0, 0.1) is 5.92 Å². The number of rotatable bonds is 6. The molecular formula is C23H35BN2O4. The maximum atomic E-state index is 12.4. The summed E-state index contributed by atoms with van der Waals surface area (Å²) in [5, 5.41) is 3.11. The number of nitrogens with zero attached hydrogens (tertiary/aromatic N) is 1. The van der Waals surface area contributed by atoms with E-state index in [-0.39, 0.29) is 30.1 Å². The molecule has 3 fully saturated rings. The Morgan fingerprint density at radius 2 is 1.67 bits per heavy atom. The third-order valence-corrected chi connectivity index (χ3v) is 7.27. The maximum absolute atomic E-state index is 12.4. The fourth-order valence-corrected chi connectivity index (χ4v) is 4.31. The largest absolute Gasteiger partial charge is 0.494 e. The van der Waals surface area contributed by atoms with E-state index in [0.29, 0.717) is 5.92 Å². The van der Waals surface area contributed by atoms with Crippen LogP contribution in [0.5, 0.6) is 0 Å². The third-order valence-electron chi connectivity index (χ3n) is 7.27. The summed E-state index contributed by atoms with van der Waals surface area (Å²) >= 11 is 0. The summed E-state index contributed by atoms with van der Waals surface area (Å²) in [6.07, 6.45) is 1.86. The second-order valence-corrected chi connectivity index (χ2v) is 9.87. The van der Waals surface area contributed by atoms with Crippen LogP contribution in [0.1, 0.15) is 52.0 Å². The van der Waals surface area contributed by atoms with Crippen molar-refractivity contribution in [3.63, 3.8) is 0 Å². The highest BCUT2D eigenvalue weighted by atomic mass is 16.7. The van der Waals surface area contributed by atoms with Crippen molar-refractivity contribution in [3.8, 4) is 0 Å². The van der Waals surface area contributed by atoms with Crippen LogP contribution in [0.15, 0.2) is 24.3 Å². The van der Waals surface area contributed by atoms with Gasteiger partial charge in [-0.05, 0) is 57.5 Å². The Labute approximate surface area is 180 Å². The van der Waals surface area contributed by atoms with Gasteiger partial charge in [-0.2, -0.15) is 0 Å². The molecule has 0 unspecified atom stereocenters. The van der Waals surface area contributed by atoms with E-state index in [1.165, 1.54) is 5.56 Å². The van der Waals surface area contributed by atoms with Gasteiger partial charge in [0.2, 0.25) is 5.91 Å². The zero-order chi connectivity index (χ0) is 21.4. The zero-order valence-electron chi connectivity index (χ0n) is 18.8. The number of carbonyl (C=O) groups is 1. The molecule has 0 spiro atoms. The summed E-state index contributed by atoms with van der Waals surface area (Å²) in [7, 11) is -0.324. The van der Waals surface area contributed by atoms with Crippen molar-refractivity contribution < 1.29 is 18.8 Å². The van der Waals surface area contributed by atoms with Gasteiger partial charge in [0, 0.05) is 32.1 Å². The predicted octanol–water partition coefficient (Wildman–Crippen LogP) is 1.93. The summed E-state index contributed by atoms with van der Waals surface area (Å²) in [6.45, 7) is 13.4. The Balaban J connectivity index is 1.22. The minimum Gasteiger partial charge on any atom is -0.399 e. The standard InChI is InChI=1S/C23H35BN2O4/c1-22(2)23(3,4)30-24(29-22)20-7-5-17(6-8-20)18-15-19(16-18)21(27)25-9-10-26-11-13-28-14-12-26/h5-8,18-19H,9-16H2,1-4H3,(H,25,27). The van der Waals surface area contributed by atoms with Crippen LogP contribution >= 0.6 is 0 Å². The highest BCUT2D eigenvalue weighted by molar-refractivity contribution is 6.62. The Morgan fingerprint density at radius 1 is 1.07 bits per heavy atom. The molecule has 0 bridgehead atoms. The van der Waals surface area contributed by atoms with Gasteiger partial charge in [-0.25, -0.2) is 0 Å². The quantitative estimate of drug-likeness (QED) is 0.721. The second-order valence-electron chi connectivity index (χ2n) is 9.87. The highest BCUT2D eigenvalue weighted by Gasteiger charge is 2.51. The zero-order valence-corrected chi connectivity index (χ0v) is 18.8. The van der Waals surface area contributed by atoms with Gasteiger partial charge in [-0.1, -0.05) is 24.3 Å². The number of ether oxygens (including phenoxy) is 1. The third kappa shape index (κ3) is 4.59. The molecule has 0 atom stereocenters. The number of amides is 1. The van der Waals surface area contributed by atoms with Gasteiger partial charge >= 0.3 is 7.12 Å². The summed E-state index contributed by atoms with van der Waals surface area (Å²) in [6, 6.07) is 8.54. The minimum absolute atomic E-state index is 0.141. The van der Waals surface area contributed by atoms with E-state index in [9.17, 15) is 4.79 Å². The topological polar surface area (TPSA) is 60.0 Å². The van der Waals surface area contributed by atoms with E-state index in [4.69, 9.17) is 14.0 Å². The molecule has 6 nitrogen and oxygen atoms in total. The number of nitrogens with one attached hydrogen (secondary N) is 1. The van der Waals surface area contributed by atoms with Crippen LogP contribution in [0.2, 0.25) is 0 Å². The van der Waals surface area contributed by atoms with Crippen molar-refractivity contribution >= 4 is 18.5 Å². The fraction of sp³-hybridized carbons (Fsp3) is 0.696. The number of hydrogen-bond donors (Lipinski definition) is 1. The molecule has 1 aliphatic carbocycles. The van der Waals surface area contributed by atoms with E-state index >= 15 is 0 Å². The Bertz CT molecular complexity index is 724. The molecule has 7 heteroatoms. The number of carbonyl (C=O) groups excluding carboxylic acids is 1. The molecule has 2 saturated heterocycles. The van der Waals surface area contributed by atoms with Gasteiger partial charge in [0.15, 0.2) is 0 Å². The Hall–Kier alpha value is -1.41. The molecule has 1 N–H and O–H groups in total. The number of morpholine rings is 1. The van der Waals surface area contributed by atoms with Crippen molar-refractivity contribution in [2.24, 2.45) is 5.92 Å². The van der Waals surface area contributed by atoms with E-state index in [1.54, 1.807) is 0 Å². The molecule has 164 valence electrons. The average Bonchev–Trinajstić information content (AvgIpc) is 2.89. The van der Waals surface area contributed by atoms with Crippen molar-refractivity contribution in [2.75, 3.05) is 39.4 Å². The normalized spacial score (nSPS) is 28.2. The monoisotopic (exact) mass is 414 g/mol. The molecular weight excluding hydrogens is 379 g/mol. The summed E-state index contributed by atoms with van der Waals surface area (Å²) < 4.78 is 17.6. The first-order chi connectivity index (χ1) is 14.2. The van der Waals surface area contributed by atoms with E-state index < -0.39 is 0 Å². The fourth-order valence-electron chi connectivity index (χ4n) is 4.31. The lowest BCUT2D eigenvalue weighted by molar-refractivity contribution is -0.128. The summed E-state index contributed by atoms with van der Waals surface area (Å²) in [5.41, 5.74) is 1.70. The maximum Gasteiger partial charge on any atom is 0.494 e. The van der Waals surface area contributed by atoms with Crippen LogP contribution < -0.4 is 10.8 Å². The first-order valence-corrected chi connectivity index (χ1v) is 11.3. The van der Waals surface area contributed by atoms with Gasteiger partial charge in [0.05, 0.1) is 24.4 Å². The Kier molecular flexibility index (Phi) is 6.26. The van der Waals surface area contributed by atoms with E-state index in [0.717, 1.165) is 57.7 Å². The number of benzene rings is 1. The van der Waals surface area contributed by atoms with Gasteiger partial charge < -0.3 is 19.4 Å². The molecule has 2 heterocycles. The lowest BCUT2D eigenvalue weighted by Gasteiger charge is -2.35. The Morgan fingerprint density at radius 3 is 2.27 bits per heavy atom. The first kappa shape index (κ1) is 21.8. The van der Waals surface area contributed by atoms with Crippen molar-refractivity contribution in [3.05, 3.63) is 29.8 Å². The van der Waals surface area contributed by atoms with Crippen molar-refractivity contribution in [2.45, 2.75) is 57.7 Å². The summed E-state index contributed by atoms with van der Waals surface area (Å²) in [5.74, 6) is 0.808. The first-order valence-electron chi connectivity index (χ1n) is 11.3. The minimum atomic E-state index is -0.327. The van der Waals surface area contributed by atoms with Gasteiger partial charge in [-0.15, -0.1) is 0 Å². The molecule has 2 aliphatic heterocycles. The van der Waals surface area contributed by atoms with Gasteiger partial charge in [-0.3, -0.25) is 9.69 Å². The van der Waals surface area contributed by atoms with Crippen LogP contribution in [0.3, 0.4) is 0 Å². The number of hydrogen-bond acceptors (Lipinski definition) is 5. The summed E-state index contributed by atoms with van der Waals surface area (Å²) in [4.78, 5) is 14.7. The van der Waals surface area contributed by atoms with Crippen LogP contribution in [-0.2, 0) is 18.8 Å². The average molecular weight is 414 g/mol. The molecule has 4 rings (SSSR count). The van der Waals surface area contributed by atoms with Crippen LogP contribution in [0.25, 0.3) is 0 Å². The molecule has 1 saturated carbocycles. The highest BCUT2D eigenvalue weighted by Crippen LogP contribution is 2.41. The SMILES string of the molecule is CC1(C)OB(c2ccc(C3CC(C(=O)NCCN4CCOCC4)C3)cc2)OC1(C)C. The molecule has 3 aliphatic rings. The van der Waals surface area contributed by atoms with Crippen LogP contribution in [0.4, 0.5) is 0 Å².